The van der Waals surface area contributed by atoms with Crippen molar-refractivity contribution in [1.29, 1.82) is 0 Å². The van der Waals surface area contributed by atoms with E-state index in [2.05, 4.69) is 84.6 Å². The van der Waals surface area contributed by atoms with Crippen LogP contribution in [0.4, 0.5) is 5.69 Å². The third-order valence-electron chi connectivity index (χ3n) is 4.83. The molecule has 0 amide bonds. The Hall–Kier alpha value is -2.29. The zero-order valence-electron chi connectivity index (χ0n) is 16.6. The molecule has 3 rings (SSSR count). The van der Waals surface area contributed by atoms with E-state index in [0.29, 0.717) is 24.8 Å². The number of alkyl halides is 2. The van der Waals surface area contributed by atoms with Gasteiger partial charge in [0.1, 0.15) is 5.84 Å². The molecule has 29 heavy (non-hydrogen) atoms. The van der Waals surface area contributed by atoms with E-state index in [0.717, 1.165) is 11.5 Å². The van der Waals surface area contributed by atoms with E-state index in [4.69, 9.17) is 28.2 Å². The van der Waals surface area contributed by atoms with E-state index in [1.165, 1.54) is 16.7 Å². The summed E-state index contributed by atoms with van der Waals surface area (Å²) < 4.78 is 0. The van der Waals surface area contributed by atoms with Crippen LogP contribution in [0.3, 0.4) is 0 Å². The van der Waals surface area contributed by atoms with Gasteiger partial charge in [0, 0.05) is 24.8 Å². The Kier molecular flexibility index (Phi) is 8.15. The third kappa shape index (κ3) is 5.85. The molecule has 4 heteroatoms. The van der Waals surface area contributed by atoms with Crippen LogP contribution in [0.1, 0.15) is 22.6 Å². The summed E-state index contributed by atoms with van der Waals surface area (Å²) in [7, 11) is 0. The summed E-state index contributed by atoms with van der Waals surface area (Å²) in [5.41, 5.74) is 4.53. The zero-order valence-corrected chi connectivity index (χ0v) is 18.2. The molecular formula is C25H26Cl2N2. The van der Waals surface area contributed by atoms with Gasteiger partial charge in [-0.05, 0) is 30.2 Å². The second kappa shape index (κ2) is 11.0. The number of hydrogen-bond donors (Lipinski definition) is 0. The van der Waals surface area contributed by atoms with Crippen LogP contribution in [0.25, 0.3) is 0 Å². The first-order valence-electron chi connectivity index (χ1n) is 9.85. The second-order valence-electron chi connectivity index (χ2n) is 6.92. The van der Waals surface area contributed by atoms with Gasteiger partial charge in [-0.2, -0.15) is 0 Å². The van der Waals surface area contributed by atoms with Crippen LogP contribution < -0.4 is 0 Å². The van der Waals surface area contributed by atoms with E-state index in [1.54, 1.807) is 0 Å². The van der Waals surface area contributed by atoms with Gasteiger partial charge in [-0.25, -0.2) is 4.99 Å². The summed E-state index contributed by atoms with van der Waals surface area (Å²) in [5.74, 6) is 1.98. The van der Waals surface area contributed by atoms with Crippen molar-refractivity contribution in [2.24, 2.45) is 4.99 Å². The van der Waals surface area contributed by atoms with E-state index in [-0.39, 0.29) is 5.92 Å². The Morgan fingerprint density at radius 3 is 1.69 bits per heavy atom. The zero-order chi connectivity index (χ0) is 20.5. The minimum absolute atomic E-state index is 0.00913. The molecule has 0 N–H and O–H groups in total. The van der Waals surface area contributed by atoms with Gasteiger partial charge in [-0.3, -0.25) is 0 Å². The van der Waals surface area contributed by atoms with Gasteiger partial charge in [0.05, 0.1) is 11.6 Å². The maximum absolute atomic E-state index is 6.16. The topological polar surface area (TPSA) is 15.6 Å². The Morgan fingerprint density at radius 2 is 1.24 bits per heavy atom. The van der Waals surface area contributed by atoms with E-state index in [1.807, 2.05) is 12.1 Å². The fourth-order valence-corrected chi connectivity index (χ4v) is 3.80. The molecule has 0 spiro atoms. The lowest BCUT2D eigenvalue weighted by molar-refractivity contribution is 0.457. The second-order valence-corrected chi connectivity index (χ2v) is 7.68. The lowest BCUT2D eigenvalue weighted by Crippen LogP contribution is -2.38. The molecule has 0 aromatic heterocycles. The summed E-state index contributed by atoms with van der Waals surface area (Å²) >= 11 is 12.3. The number of benzene rings is 3. The largest absolute Gasteiger partial charge is 0.357 e. The number of amidine groups is 1. The summed E-state index contributed by atoms with van der Waals surface area (Å²) in [6.07, 6.45) is 0. The number of nitrogens with zero attached hydrogens (tertiary/aromatic N) is 2. The lowest BCUT2D eigenvalue weighted by atomic mass is 9.89. The van der Waals surface area contributed by atoms with Crippen LogP contribution in [-0.4, -0.2) is 35.6 Å². The average molecular weight is 425 g/mol. The number of halogens is 2. The van der Waals surface area contributed by atoms with Crippen molar-refractivity contribution in [1.82, 2.24) is 4.90 Å². The third-order valence-corrected chi connectivity index (χ3v) is 5.17. The summed E-state index contributed by atoms with van der Waals surface area (Å²) in [6, 6.07) is 29.3. The molecule has 0 radical (unpaired) electrons. The molecule has 0 aliphatic carbocycles. The van der Waals surface area contributed by atoms with Crippen LogP contribution >= 0.6 is 23.2 Å². The first-order chi connectivity index (χ1) is 14.2. The fraction of sp³-hybridized carbons (Fsp3) is 0.240. The summed E-state index contributed by atoms with van der Waals surface area (Å²) in [5, 5.41) is 0. The number of rotatable bonds is 8. The molecule has 0 heterocycles. The molecule has 0 aliphatic rings. The monoisotopic (exact) mass is 424 g/mol. The molecular weight excluding hydrogens is 399 g/mol. The van der Waals surface area contributed by atoms with Crippen molar-refractivity contribution in [3.05, 3.63) is 102 Å². The van der Waals surface area contributed by atoms with Crippen molar-refractivity contribution in [2.45, 2.75) is 12.8 Å². The van der Waals surface area contributed by atoms with Crippen molar-refractivity contribution in [3.8, 4) is 0 Å². The van der Waals surface area contributed by atoms with Crippen LogP contribution in [0.15, 0.2) is 89.9 Å². The molecule has 0 saturated heterocycles. The summed E-state index contributed by atoms with van der Waals surface area (Å²) in [6.45, 7) is 3.46. The van der Waals surface area contributed by atoms with Crippen LogP contribution in [0.2, 0.25) is 0 Å². The standard InChI is InChI=1S/C25H26Cl2N2/c1-20-12-14-23(15-13-20)28-25(29(18-16-26)19-17-27)24(21-8-4-2-5-9-21)22-10-6-3-7-11-22/h2-15,24H,16-19H2,1H3. The Bertz CT molecular complexity index is 848. The van der Waals surface area contributed by atoms with E-state index >= 15 is 0 Å². The normalized spacial score (nSPS) is 11.7. The van der Waals surface area contributed by atoms with Gasteiger partial charge < -0.3 is 4.90 Å². The number of hydrogen-bond acceptors (Lipinski definition) is 1. The van der Waals surface area contributed by atoms with Gasteiger partial charge >= 0.3 is 0 Å². The highest BCUT2D eigenvalue weighted by molar-refractivity contribution is 6.18. The molecule has 0 aliphatic heterocycles. The van der Waals surface area contributed by atoms with Gasteiger partial charge in [-0.1, -0.05) is 78.4 Å². The molecule has 0 saturated carbocycles. The van der Waals surface area contributed by atoms with Crippen LogP contribution in [0.5, 0.6) is 0 Å². The van der Waals surface area contributed by atoms with Crippen molar-refractivity contribution < 1.29 is 0 Å². The predicted molar refractivity (Wildman–Crippen MR) is 126 cm³/mol. The first-order valence-corrected chi connectivity index (χ1v) is 10.9. The molecule has 0 unspecified atom stereocenters. The predicted octanol–water partition coefficient (Wildman–Crippen LogP) is 6.64. The maximum atomic E-state index is 6.16. The minimum Gasteiger partial charge on any atom is -0.357 e. The lowest BCUT2D eigenvalue weighted by Gasteiger charge is -2.31. The van der Waals surface area contributed by atoms with Gasteiger partial charge in [-0.15, -0.1) is 23.2 Å². The van der Waals surface area contributed by atoms with Crippen molar-refractivity contribution in [2.75, 3.05) is 24.8 Å². The number of aryl methyl sites for hydroxylation is 1. The fourth-order valence-electron chi connectivity index (χ4n) is 3.40. The van der Waals surface area contributed by atoms with Crippen LogP contribution in [0, 0.1) is 6.92 Å². The maximum Gasteiger partial charge on any atom is 0.117 e. The number of aliphatic imine (C=N–C) groups is 1. The summed E-state index contributed by atoms with van der Waals surface area (Å²) in [4.78, 5) is 7.33. The van der Waals surface area contributed by atoms with Gasteiger partial charge in [0.15, 0.2) is 0 Å². The molecule has 0 atom stereocenters. The molecule has 3 aromatic carbocycles. The molecule has 150 valence electrons. The molecule has 0 fully saturated rings. The Labute approximate surface area is 183 Å². The smallest absolute Gasteiger partial charge is 0.117 e. The average Bonchev–Trinajstić information content (AvgIpc) is 2.76. The quantitative estimate of drug-likeness (QED) is 0.225. The van der Waals surface area contributed by atoms with E-state index < -0.39 is 0 Å². The Balaban J connectivity index is 2.17. The van der Waals surface area contributed by atoms with Gasteiger partial charge in [0.25, 0.3) is 0 Å². The highest BCUT2D eigenvalue weighted by Gasteiger charge is 2.25. The van der Waals surface area contributed by atoms with E-state index in [9.17, 15) is 0 Å². The highest BCUT2D eigenvalue weighted by Crippen LogP contribution is 2.30. The highest BCUT2D eigenvalue weighted by atomic mass is 35.5. The molecule has 3 aromatic rings. The molecule has 2 nitrogen and oxygen atoms in total. The van der Waals surface area contributed by atoms with Crippen molar-refractivity contribution in [3.63, 3.8) is 0 Å². The SMILES string of the molecule is Cc1ccc(N=C(C(c2ccccc2)c2ccccc2)N(CCCl)CCCl)cc1. The van der Waals surface area contributed by atoms with Crippen LogP contribution in [-0.2, 0) is 0 Å². The van der Waals surface area contributed by atoms with Crippen molar-refractivity contribution >= 4 is 34.7 Å². The van der Waals surface area contributed by atoms with Gasteiger partial charge in [0.2, 0.25) is 0 Å². The molecule has 0 bridgehead atoms. The Morgan fingerprint density at radius 1 is 0.759 bits per heavy atom. The first kappa shape index (κ1) is 21.4. The minimum atomic E-state index is -0.00913.